The molecule has 1 rings (SSSR count). The van der Waals surface area contributed by atoms with Crippen LogP contribution in [0.25, 0.3) is 0 Å². The fraction of sp³-hybridized carbons (Fsp3) is 0.875. The topological polar surface area (TPSA) is 38.4 Å². The van der Waals surface area contributed by atoms with Gasteiger partial charge in [-0.2, -0.15) is 11.8 Å². The number of nitrogens with two attached hydrogens (primary N) is 1. The summed E-state index contributed by atoms with van der Waals surface area (Å²) in [6.07, 6.45) is 3.42. The lowest BCUT2D eigenvalue weighted by Gasteiger charge is -2.17. The number of hydrogen-bond acceptors (Lipinski definition) is 2. The van der Waals surface area contributed by atoms with Crippen molar-refractivity contribution < 1.29 is 0 Å². The molecule has 1 unspecified atom stereocenters. The van der Waals surface area contributed by atoms with Gasteiger partial charge in [-0.05, 0) is 18.6 Å². The van der Waals surface area contributed by atoms with Gasteiger partial charge in [0.05, 0.1) is 11.9 Å². The highest BCUT2D eigenvalue weighted by Gasteiger charge is 2.11. The van der Waals surface area contributed by atoms with E-state index in [1.54, 1.807) is 0 Å². The first-order chi connectivity index (χ1) is 5.33. The Morgan fingerprint density at radius 2 is 2.55 bits per heavy atom. The minimum absolute atomic E-state index is 0.508. The minimum atomic E-state index is 0.508. The summed E-state index contributed by atoms with van der Waals surface area (Å²) in [5.41, 5.74) is 5.64. The SMILES string of the molecule is CCC(N)=NC1CCCSC1. The Labute approximate surface area is 72.6 Å². The third-order valence-electron chi connectivity index (χ3n) is 1.85. The van der Waals surface area contributed by atoms with Gasteiger partial charge < -0.3 is 5.73 Å². The Bertz CT molecular complexity index is 139. The van der Waals surface area contributed by atoms with Crippen LogP contribution in [0.3, 0.4) is 0 Å². The second-order valence-electron chi connectivity index (χ2n) is 2.84. The van der Waals surface area contributed by atoms with Crippen LogP contribution in [0, 0.1) is 0 Å². The van der Waals surface area contributed by atoms with Crippen molar-refractivity contribution in [2.24, 2.45) is 10.7 Å². The van der Waals surface area contributed by atoms with E-state index in [1.807, 2.05) is 11.8 Å². The van der Waals surface area contributed by atoms with Gasteiger partial charge in [-0.25, -0.2) is 0 Å². The molecule has 0 bridgehead atoms. The molecule has 0 aromatic carbocycles. The van der Waals surface area contributed by atoms with Gasteiger partial charge in [-0.15, -0.1) is 0 Å². The Kier molecular flexibility index (Phi) is 3.77. The average Bonchev–Trinajstić information content (AvgIpc) is 2.06. The highest BCUT2D eigenvalue weighted by molar-refractivity contribution is 7.99. The molecular formula is C8H16N2S. The smallest absolute Gasteiger partial charge is 0.0938 e. The molecule has 1 heterocycles. The third-order valence-corrected chi connectivity index (χ3v) is 3.04. The van der Waals surface area contributed by atoms with Crippen molar-refractivity contribution in [3.05, 3.63) is 0 Å². The molecule has 0 radical (unpaired) electrons. The molecule has 11 heavy (non-hydrogen) atoms. The van der Waals surface area contributed by atoms with Crippen LogP contribution < -0.4 is 5.73 Å². The van der Waals surface area contributed by atoms with E-state index in [4.69, 9.17) is 5.73 Å². The van der Waals surface area contributed by atoms with Gasteiger partial charge in [0.15, 0.2) is 0 Å². The summed E-state index contributed by atoms with van der Waals surface area (Å²) < 4.78 is 0. The molecule has 1 saturated heterocycles. The number of amidine groups is 1. The van der Waals surface area contributed by atoms with E-state index in [2.05, 4.69) is 11.9 Å². The number of nitrogens with zero attached hydrogens (tertiary/aromatic N) is 1. The summed E-state index contributed by atoms with van der Waals surface area (Å²) in [4.78, 5) is 4.43. The Morgan fingerprint density at radius 1 is 1.73 bits per heavy atom. The second kappa shape index (κ2) is 4.65. The molecule has 64 valence electrons. The molecule has 0 spiro atoms. The monoisotopic (exact) mass is 172 g/mol. The summed E-state index contributed by atoms with van der Waals surface area (Å²) >= 11 is 1.99. The number of aliphatic imine (C=N–C) groups is 1. The first-order valence-electron chi connectivity index (χ1n) is 4.22. The molecule has 0 aromatic heterocycles. The predicted molar refractivity (Wildman–Crippen MR) is 52.3 cm³/mol. The van der Waals surface area contributed by atoms with Crippen LogP contribution in [0.15, 0.2) is 4.99 Å². The van der Waals surface area contributed by atoms with E-state index in [-0.39, 0.29) is 0 Å². The average molecular weight is 172 g/mol. The maximum absolute atomic E-state index is 5.64. The predicted octanol–water partition coefficient (Wildman–Crippen LogP) is 1.65. The first kappa shape index (κ1) is 8.91. The zero-order valence-electron chi connectivity index (χ0n) is 7.05. The van der Waals surface area contributed by atoms with Crippen LogP contribution in [0.2, 0.25) is 0 Å². The van der Waals surface area contributed by atoms with Crippen molar-refractivity contribution in [3.8, 4) is 0 Å². The summed E-state index contributed by atoms with van der Waals surface area (Å²) in [5, 5.41) is 0. The van der Waals surface area contributed by atoms with Gasteiger partial charge in [0.1, 0.15) is 0 Å². The van der Waals surface area contributed by atoms with Gasteiger partial charge in [0.2, 0.25) is 0 Å². The van der Waals surface area contributed by atoms with E-state index in [1.165, 1.54) is 24.3 Å². The van der Waals surface area contributed by atoms with Crippen molar-refractivity contribution in [1.82, 2.24) is 0 Å². The van der Waals surface area contributed by atoms with Crippen LogP contribution in [0.4, 0.5) is 0 Å². The molecule has 1 atom stereocenters. The Morgan fingerprint density at radius 3 is 3.09 bits per heavy atom. The van der Waals surface area contributed by atoms with Gasteiger partial charge in [-0.3, -0.25) is 4.99 Å². The first-order valence-corrected chi connectivity index (χ1v) is 5.38. The largest absolute Gasteiger partial charge is 0.387 e. The molecule has 1 aliphatic heterocycles. The van der Waals surface area contributed by atoms with Crippen LogP contribution in [-0.4, -0.2) is 23.4 Å². The summed E-state index contributed by atoms with van der Waals surface area (Å²) in [5.74, 6) is 3.29. The Balaban J connectivity index is 2.34. The lowest BCUT2D eigenvalue weighted by Crippen LogP contribution is -2.20. The summed E-state index contributed by atoms with van der Waals surface area (Å²) in [6, 6.07) is 0.508. The molecule has 0 saturated carbocycles. The molecule has 1 fully saturated rings. The molecular weight excluding hydrogens is 156 g/mol. The van der Waals surface area contributed by atoms with E-state index in [0.29, 0.717) is 6.04 Å². The molecule has 0 aromatic rings. The van der Waals surface area contributed by atoms with Crippen molar-refractivity contribution in [2.75, 3.05) is 11.5 Å². The number of rotatable bonds is 2. The van der Waals surface area contributed by atoms with Crippen LogP contribution in [0.1, 0.15) is 26.2 Å². The lowest BCUT2D eigenvalue weighted by atomic mass is 10.2. The number of thioether (sulfide) groups is 1. The van der Waals surface area contributed by atoms with Crippen LogP contribution in [-0.2, 0) is 0 Å². The van der Waals surface area contributed by atoms with E-state index in [9.17, 15) is 0 Å². The minimum Gasteiger partial charge on any atom is -0.387 e. The zero-order valence-corrected chi connectivity index (χ0v) is 7.86. The van der Waals surface area contributed by atoms with Gasteiger partial charge in [-0.1, -0.05) is 6.92 Å². The molecule has 0 amide bonds. The molecule has 1 aliphatic rings. The second-order valence-corrected chi connectivity index (χ2v) is 3.99. The van der Waals surface area contributed by atoms with Crippen molar-refractivity contribution in [3.63, 3.8) is 0 Å². The highest BCUT2D eigenvalue weighted by Crippen LogP contribution is 2.19. The lowest BCUT2D eigenvalue weighted by molar-refractivity contribution is 0.648. The fourth-order valence-electron chi connectivity index (χ4n) is 1.15. The van der Waals surface area contributed by atoms with E-state index in [0.717, 1.165) is 12.3 Å². The van der Waals surface area contributed by atoms with Crippen LogP contribution >= 0.6 is 11.8 Å². The van der Waals surface area contributed by atoms with Crippen molar-refractivity contribution >= 4 is 17.6 Å². The molecule has 2 nitrogen and oxygen atoms in total. The maximum Gasteiger partial charge on any atom is 0.0938 e. The van der Waals surface area contributed by atoms with E-state index >= 15 is 0 Å². The fourth-order valence-corrected chi connectivity index (χ4v) is 2.20. The number of hydrogen-bond donors (Lipinski definition) is 1. The van der Waals surface area contributed by atoms with Gasteiger partial charge in [0, 0.05) is 12.2 Å². The molecule has 0 aliphatic carbocycles. The molecule has 2 N–H and O–H groups in total. The van der Waals surface area contributed by atoms with Crippen molar-refractivity contribution in [1.29, 1.82) is 0 Å². The van der Waals surface area contributed by atoms with Crippen LogP contribution in [0.5, 0.6) is 0 Å². The van der Waals surface area contributed by atoms with Gasteiger partial charge in [0.25, 0.3) is 0 Å². The Hall–Kier alpha value is -0.180. The van der Waals surface area contributed by atoms with Crippen molar-refractivity contribution in [2.45, 2.75) is 32.2 Å². The van der Waals surface area contributed by atoms with Gasteiger partial charge >= 0.3 is 0 Å². The highest BCUT2D eigenvalue weighted by atomic mass is 32.2. The molecule has 3 heteroatoms. The maximum atomic E-state index is 5.64. The normalized spacial score (nSPS) is 27.0. The van der Waals surface area contributed by atoms with E-state index < -0.39 is 0 Å². The zero-order chi connectivity index (χ0) is 8.10. The standard InChI is InChI=1S/C8H16N2S/c1-2-8(9)10-7-4-3-5-11-6-7/h7H,2-6H2,1H3,(H2,9,10). The quantitative estimate of drug-likeness (QED) is 0.508. The summed E-state index contributed by atoms with van der Waals surface area (Å²) in [6.45, 7) is 2.05. The summed E-state index contributed by atoms with van der Waals surface area (Å²) in [7, 11) is 0. The third kappa shape index (κ3) is 3.14.